The van der Waals surface area contributed by atoms with Crippen LogP contribution in [0.4, 0.5) is 0 Å². The highest BCUT2D eigenvalue weighted by Gasteiger charge is 2.36. The number of hydrogen-bond donors (Lipinski definition) is 2. The molecule has 82 valence electrons. The van der Waals surface area contributed by atoms with Crippen molar-refractivity contribution >= 4 is 0 Å². The molecule has 0 spiro atoms. The Balaban J connectivity index is 2.29. The van der Waals surface area contributed by atoms with Crippen LogP contribution in [0, 0.1) is 0 Å². The van der Waals surface area contributed by atoms with E-state index in [1.165, 1.54) is 5.56 Å². The Kier molecular flexibility index (Phi) is 2.67. The van der Waals surface area contributed by atoms with E-state index in [-0.39, 0.29) is 5.54 Å². The SMILES string of the molecule is COc1cccc([C@@H]2CNC[C@@]2(C)N)c1. The largest absolute Gasteiger partial charge is 0.497 e. The van der Waals surface area contributed by atoms with Crippen molar-refractivity contribution in [3.05, 3.63) is 29.8 Å². The average molecular weight is 206 g/mol. The fourth-order valence-electron chi connectivity index (χ4n) is 2.20. The molecule has 1 aromatic rings. The number of nitrogens with one attached hydrogen (secondary N) is 1. The smallest absolute Gasteiger partial charge is 0.119 e. The molecule has 2 atom stereocenters. The number of methoxy groups -OCH3 is 1. The Bertz CT molecular complexity index is 349. The van der Waals surface area contributed by atoms with Gasteiger partial charge < -0.3 is 15.8 Å². The number of nitrogens with two attached hydrogens (primary N) is 1. The van der Waals surface area contributed by atoms with Gasteiger partial charge in [-0.05, 0) is 24.6 Å². The average Bonchev–Trinajstić information content (AvgIpc) is 2.58. The molecule has 1 aliphatic heterocycles. The summed E-state index contributed by atoms with van der Waals surface area (Å²) in [5.74, 6) is 1.27. The summed E-state index contributed by atoms with van der Waals surface area (Å²) in [6, 6.07) is 8.16. The number of ether oxygens (including phenoxy) is 1. The molecule has 1 heterocycles. The molecule has 1 fully saturated rings. The van der Waals surface area contributed by atoms with E-state index in [1.54, 1.807) is 7.11 Å². The predicted molar refractivity (Wildman–Crippen MR) is 61.2 cm³/mol. The van der Waals surface area contributed by atoms with Crippen LogP contribution in [0.3, 0.4) is 0 Å². The molecule has 3 heteroatoms. The first kappa shape index (κ1) is 10.5. The fourth-order valence-corrected chi connectivity index (χ4v) is 2.20. The van der Waals surface area contributed by atoms with E-state index in [9.17, 15) is 0 Å². The normalized spacial score (nSPS) is 30.5. The molecule has 2 rings (SSSR count). The van der Waals surface area contributed by atoms with Crippen LogP contribution in [0.25, 0.3) is 0 Å². The molecule has 15 heavy (non-hydrogen) atoms. The van der Waals surface area contributed by atoms with Gasteiger partial charge >= 0.3 is 0 Å². The van der Waals surface area contributed by atoms with E-state index < -0.39 is 0 Å². The fraction of sp³-hybridized carbons (Fsp3) is 0.500. The van der Waals surface area contributed by atoms with Gasteiger partial charge in [-0.1, -0.05) is 12.1 Å². The van der Waals surface area contributed by atoms with Gasteiger partial charge in [0.25, 0.3) is 0 Å². The van der Waals surface area contributed by atoms with Crippen LogP contribution >= 0.6 is 0 Å². The number of hydrogen-bond acceptors (Lipinski definition) is 3. The zero-order valence-electron chi connectivity index (χ0n) is 9.29. The van der Waals surface area contributed by atoms with Gasteiger partial charge in [0.1, 0.15) is 5.75 Å². The van der Waals surface area contributed by atoms with Gasteiger partial charge in [0, 0.05) is 24.5 Å². The number of rotatable bonds is 2. The Labute approximate surface area is 90.6 Å². The third kappa shape index (κ3) is 1.98. The van der Waals surface area contributed by atoms with Gasteiger partial charge in [0.15, 0.2) is 0 Å². The lowest BCUT2D eigenvalue weighted by atomic mass is 9.84. The summed E-state index contributed by atoms with van der Waals surface area (Å²) in [4.78, 5) is 0. The summed E-state index contributed by atoms with van der Waals surface area (Å²) in [6.07, 6.45) is 0. The lowest BCUT2D eigenvalue weighted by molar-refractivity contribution is 0.411. The van der Waals surface area contributed by atoms with Gasteiger partial charge in [0.05, 0.1) is 7.11 Å². The van der Waals surface area contributed by atoms with Crippen LogP contribution in [0.15, 0.2) is 24.3 Å². The molecule has 3 nitrogen and oxygen atoms in total. The third-order valence-electron chi connectivity index (χ3n) is 3.15. The monoisotopic (exact) mass is 206 g/mol. The Hall–Kier alpha value is -1.06. The standard InChI is InChI=1S/C12H18N2O/c1-12(13)8-14-7-11(12)9-4-3-5-10(6-9)15-2/h3-6,11,14H,7-8,13H2,1-2H3/t11-,12+/m0/s1. The highest BCUT2D eigenvalue weighted by Crippen LogP contribution is 2.31. The van der Waals surface area contributed by atoms with Crippen molar-refractivity contribution in [1.82, 2.24) is 5.32 Å². The second-order valence-electron chi connectivity index (χ2n) is 4.47. The van der Waals surface area contributed by atoms with Crippen LogP contribution in [-0.2, 0) is 0 Å². The minimum absolute atomic E-state index is 0.160. The third-order valence-corrected chi connectivity index (χ3v) is 3.15. The highest BCUT2D eigenvalue weighted by atomic mass is 16.5. The first-order valence-electron chi connectivity index (χ1n) is 5.27. The zero-order chi connectivity index (χ0) is 10.9. The maximum absolute atomic E-state index is 6.24. The van der Waals surface area contributed by atoms with Crippen LogP contribution in [-0.4, -0.2) is 25.7 Å². The van der Waals surface area contributed by atoms with Crippen molar-refractivity contribution in [3.8, 4) is 5.75 Å². The molecule has 3 N–H and O–H groups in total. The topological polar surface area (TPSA) is 47.3 Å². The lowest BCUT2D eigenvalue weighted by Gasteiger charge is -2.26. The first-order chi connectivity index (χ1) is 7.13. The molecule has 0 unspecified atom stereocenters. The maximum atomic E-state index is 6.24. The van der Waals surface area contributed by atoms with Crippen LogP contribution in [0.1, 0.15) is 18.4 Å². The highest BCUT2D eigenvalue weighted by molar-refractivity contribution is 5.34. The van der Waals surface area contributed by atoms with E-state index >= 15 is 0 Å². The van der Waals surface area contributed by atoms with E-state index in [0.717, 1.165) is 18.8 Å². The first-order valence-corrected chi connectivity index (χ1v) is 5.27. The lowest BCUT2D eigenvalue weighted by Crippen LogP contribution is -2.42. The van der Waals surface area contributed by atoms with Gasteiger partial charge in [-0.2, -0.15) is 0 Å². The van der Waals surface area contributed by atoms with Gasteiger partial charge in [-0.15, -0.1) is 0 Å². The van der Waals surface area contributed by atoms with Gasteiger partial charge in [0.2, 0.25) is 0 Å². The minimum Gasteiger partial charge on any atom is -0.497 e. The van der Waals surface area contributed by atoms with Crippen molar-refractivity contribution in [1.29, 1.82) is 0 Å². The Morgan fingerprint density at radius 1 is 1.53 bits per heavy atom. The molecule has 0 saturated carbocycles. The molecular weight excluding hydrogens is 188 g/mol. The van der Waals surface area contributed by atoms with Gasteiger partial charge in [-0.3, -0.25) is 0 Å². The predicted octanol–water partition coefficient (Wildman–Crippen LogP) is 1.10. The molecule has 1 saturated heterocycles. The zero-order valence-corrected chi connectivity index (χ0v) is 9.29. The summed E-state index contributed by atoms with van der Waals surface area (Å²) < 4.78 is 5.22. The van der Waals surface area contributed by atoms with Crippen LogP contribution in [0.5, 0.6) is 5.75 Å². The second-order valence-corrected chi connectivity index (χ2v) is 4.47. The van der Waals surface area contributed by atoms with Crippen LogP contribution < -0.4 is 15.8 Å². The maximum Gasteiger partial charge on any atom is 0.119 e. The number of benzene rings is 1. The summed E-state index contributed by atoms with van der Waals surface area (Å²) >= 11 is 0. The molecule has 0 aromatic heterocycles. The second kappa shape index (κ2) is 3.83. The minimum atomic E-state index is -0.160. The van der Waals surface area contributed by atoms with Crippen molar-refractivity contribution in [2.75, 3.05) is 20.2 Å². The molecular formula is C12H18N2O. The quantitative estimate of drug-likeness (QED) is 0.761. The van der Waals surface area contributed by atoms with Crippen molar-refractivity contribution in [2.24, 2.45) is 5.73 Å². The summed E-state index contributed by atoms with van der Waals surface area (Å²) in [6.45, 7) is 3.91. The Morgan fingerprint density at radius 3 is 2.93 bits per heavy atom. The summed E-state index contributed by atoms with van der Waals surface area (Å²) in [5, 5.41) is 3.33. The molecule has 1 aliphatic rings. The molecule has 1 aromatic carbocycles. The van der Waals surface area contributed by atoms with E-state index in [2.05, 4.69) is 24.4 Å². The molecule has 0 radical (unpaired) electrons. The van der Waals surface area contributed by atoms with E-state index in [4.69, 9.17) is 10.5 Å². The van der Waals surface area contributed by atoms with Gasteiger partial charge in [-0.25, -0.2) is 0 Å². The van der Waals surface area contributed by atoms with E-state index in [0.29, 0.717) is 5.92 Å². The van der Waals surface area contributed by atoms with E-state index in [1.807, 2.05) is 12.1 Å². The summed E-state index contributed by atoms with van der Waals surface area (Å²) in [7, 11) is 1.69. The van der Waals surface area contributed by atoms with Crippen molar-refractivity contribution in [2.45, 2.75) is 18.4 Å². The molecule has 0 bridgehead atoms. The Morgan fingerprint density at radius 2 is 2.33 bits per heavy atom. The van der Waals surface area contributed by atoms with Crippen molar-refractivity contribution in [3.63, 3.8) is 0 Å². The van der Waals surface area contributed by atoms with Crippen molar-refractivity contribution < 1.29 is 4.74 Å². The molecule has 0 amide bonds. The summed E-state index contributed by atoms with van der Waals surface area (Å²) in [5.41, 5.74) is 7.34. The molecule has 0 aliphatic carbocycles. The van der Waals surface area contributed by atoms with Crippen LogP contribution in [0.2, 0.25) is 0 Å².